The minimum absolute atomic E-state index is 0.0875. The smallest absolute Gasteiger partial charge is 0.196 e. The zero-order valence-corrected chi connectivity index (χ0v) is 14.3. The van der Waals surface area contributed by atoms with E-state index in [0.29, 0.717) is 22.4 Å². The van der Waals surface area contributed by atoms with Gasteiger partial charge in [0.2, 0.25) is 0 Å². The van der Waals surface area contributed by atoms with E-state index >= 15 is 0 Å². The molecule has 0 saturated heterocycles. The van der Waals surface area contributed by atoms with E-state index in [2.05, 4.69) is 11.4 Å². The minimum atomic E-state index is -0.295. The molecule has 0 aromatic heterocycles. The van der Waals surface area contributed by atoms with Gasteiger partial charge in [-0.15, -0.1) is 0 Å². The molecule has 0 unspecified atom stereocenters. The highest BCUT2D eigenvalue weighted by atomic mass is 16.1. The molecule has 0 atom stereocenters. The molecule has 5 nitrogen and oxygen atoms in total. The second-order valence-electron chi connectivity index (χ2n) is 6.93. The number of nitrogens with two attached hydrogens (primary N) is 1. The number of fused-ring (bicyclic) bond motifs is 2. The molecule has 2 aliphatic rings. The van der Waals surface area contributed by atoms with Gasteiger partial charge in [0, 0.05) is 22.9 Å². The molecule has 2 aromatic rings. The topological polar surface area (TPSA) is 96.0 Å². The number of carbonyl (C=O) groups excluding carboxylic acids is 2. The van der Waals surface area contributed by atoms with Gasteiger partial charge in [0.25, 0.3) is 0 Å². The van der Waals surface area contributed by atoms with E-state index < -0.39 is 0 Å². The molecule has 1 fully saturated rings. The number of nitrogens with one attached hydrogen (secondary N) is 1. The lowest BCUT2D eigenvalue weighted by Crippen LogP contribution is -2.28. The number of ketones is 2. The summed E-state index contributed by atoms with van der Waals surface area (Å²) in [7, 11) is 0. The molecule has 0 spiro atoms. The molecular formula is C21H19N3O2. The molecule has 2 aliphatic carbocycles. The molecule has 0 amide bonds. The van der Waals surface area contributed by atoms with Crippen LogP contribution in [0.2, 0.25) is 0 Å². The highest BCUT2D eigenvalue weighted by Gasteiger charge is 2.35. The van der Waals surface area contributed by atoms with Gasteiger partial charge in [-0.05, 0) is 18.9 Å². The average molecular weight is 345 g/mol. The maximum absolute atomic E-state index is 13.1. The summed E-state index contributed by atoms with van der Waals surface area (Å²) in [4.78, 5) is 26.2. The van der Waals surface area contributed by atoms with Crippen molar-refractivity contribution in [3.63, 3.8) is 0 Å². The van der Waals surface area contributed by atoms with E-state index in [0.717, 1.165) is 25.7 Å². The van der Waals surface area contributed by atoms with Crippen molar-refractivity contribution < 1.29 is 9.59 Å². The van der Waals surface area contributed by atoms with Crippen LogP contribution >= 0.6 is 0 Å². The molecule has 3 N–H and O–H groups in total. The summed E-state index contributed by atoms with van der Waals surface area (Å²) in [6.07, 6.45) is 5.51. The maximum Gasteiger partial charge on any atom is 0.196 e. The van der Waals surface area contributed by atoms with Crippen LogP contribution in [0.3, 0.4) is 0 Å². The summed E-state index contributed by atoms with van der Waals surface area (Å²) in [5, 5.41) is 12.9. The normalized spacial score (nSPS) is 16.6. The van der Waals surface area contributed by atoms with Crippen LogP contribution in [0.5, 0.6) is 0 Å². The summed E-state index contributed by atoms with van der Waals surface area (Å²) in [6.45, 7) is 0. The number of carbonyl (C=O) groups is 2. The first-order valence-electron chi connectivity index (χ1n) is 8.93. The van der Waals surface area contributed by atoms with Crippen LogP contribution in [0.1, 0.15) is 69.5 Å². The van der Waals surface area contributed by atoms with Crippen molar-refractivity contribution in [2.75, 3.05) is 11.1 Å². The molecule has 0 heterocycles. The van der Waals surface area contributed by atoms with Gasteiger partial charge < -0.3 is 11.1 Å². The fourth-order valence-electron chi connectivity index (χ4n) is 3.99. The Kier molecular flexibility index (Phi) is 3.96. The first kappa shape index (κ1) is 16.3. The van der Waals surface area contributed by atoms with Gasteiger partial charge in [-0.25, -0.2) is 0 Å². The van der Waals surface area contributed by atoms with E-state index in [1.165, 1.54) is 6.42 Å². The van der Waals surface area contributed by atoms with E-state index in [1.807, 2.05) is 0 Å². The molecule has 0 radical (unpaired) electrons. The van der Waals surface area contributed by atoms with Gasteiger partial charge in [0.15, 0.2) is 11.6 Å². The standard InChI is InChI=1S/C21H19N3O2/c22-11-12-10-16(24-13-6-2-1-3-7-13)17-18(19(12)23)21(26)15-9-5-4-8-14(15)20(17)25/h4-5,8-10,13,24H,1-3,6-7,23H2. The Bertz CT molecular complexity index is 966. The highest BCUT2D eigenvalue weighted by molar-refractivity contribution is 6.32. The Morgan fingerprint density at radius 3 is 2.23 bits per heavy atom. The fourth-order valence-corrected chi connectivity index (χ4v) is 3.99. The number of benzene rings is 2. The van der Waals surface area contributed by atoms with E-state index in [1.54, 1.807) is 30.3 Å². The van der Waals surface area contributed by atoms with Crippen LogP contribution < -0.4 is 11.1 Å². The number of nitrogen functional groups attached to an aromatic ring is 1. The molecule has 2 aromatic carbocycles. The third kappa shape index (κ3) is 2.46. The predicted octanol–water partition coefficient (Wildman–Crippen LogP) is 3.66. The van der Waals surface area contributed by atoms with Crippen LogP contribution in [0.4, 0.5) is 11.4 Å². The Labute approximate surface area is 151 Å². The average Bonchev–Trinajstić information content (AvgIpc) is 2.68. The summed E-state index contributed by atoms with van der Waals surface area (Å²) in [6, 6.07) is 10.7. The lowest BCUT2D eigenvalue weighted by Gasteiger charge is -2.28. The van der Waals surface area contributed by atoms with Crippen molar-refractivity contribution in [1.29, 1.82) is 5.26 Å². The Balaban J connectivity index is 1.90. The van der Waals surface area contributed by atoms with Gasteiger partial charge in [0.1, 0.15) is 6.07 Å². The van der Waals surface area contributed by atoms with Crippen LogP contribution in [-0.4, -0.2) is 17.6 Å². The van der Waals surface area contributed by atoms with Gasteiger partial charge in [-0.1, -0.05) is 43.5 Å². The van der Waals surface area contributed by atoms with Crippen LogP contribution in [0.15, 0.2) is 30.3 Å². The third-order valence-corrected chi connectivity index (χ3v) is 5.32. The molecule has 5 heteroatoms. The predicted molar refractivity (Wildman–Crippen MR) is 99.4 cm³/mol. The number of hydrogen-bond acceptors (Lipinski definition) is 5. The summed E-state index contributed by atoms with van der Waals surface area (Å²) >= 11 is 0. The molecular weight excluding hydrogens is 326 g/mol. The molecule has 0 bridgehead atoms. The summed E-state index contributed by atoms with van der Waals surface area (Å²) in [5.74, 6) is -0.513. The van der Waals surface area contributed by atoms with Gasteiger partial charge >= 0.3 is 0 Å². The van der Waals surface area contributed by atoms with Crippen LogP contribution in [-0.2, 0) is 0 Å². The molecule has 4 rings (SSSR count). The molecule has 130 valence electrons. The molecule has 1 saturated carbocycles. The van der Waals surface area contributed by atoms with Gasteiger partial charge in [0.05, 0.1) is 22.4 Å². The monoisotopic (exact) mass is 345 g/mol. The third-order valence-electron chi connectivity index (χ3n) is 5.32. The highest BCUT2D eigenvalue weighted by Crippen LogP contribution is 2.38. The Hall–Kier alpha value is -3.13. The maximum atomic E-state index is 13.1. The summed E-state index contributed by atoms with van der Waals surface area (Å²) in [5.41, 5.74) is 8.15. The number of nitriles is 1. The zero-order chi connectivity index (χ0) is 18.3. The largest absolute Gasteiger partial charge is 0.397 e. The minimum Gasteiger partial charge on any atom is -0.397 e. The van der Waals surface area contributed by atoms with Gasteiger partial charge in [-0.2, -0.15) is 5.26 Å². The van der Waals surface area contributed by atoms with E-state index in [-0.39, 0.29) is 34.4 Å². The lowest BCUT2D eigenvalue weighted by atomic mass is 9.81. The van der Waals surface area contributed by atoms with Crippen LogP contribution in [0.25, 0.3) is 0 Å². The van der Waals surface area contributed by atoms with Crippen molar-refractivity contribution >= 4 is 22.9 Å². The second-order valence-corrected chi connectivity index (χ2v) is 6.93. The molecule has 26 heavy (non-hydrogen) atoms. The SMILES string of the molecule is N#Cc1cc(NC2CCCCC2)c2c(c1N)C(=O)c1ccccc1C2=O. The number of hydrogen-bond donors (Lipinski definition) is 2. The molecule has 0 aliphatic heterocycles. The van der Waals surface area contributed by atoms with E-state index in [9.17, 15) is 14.9 Å². The van der Waals surface area contributed by atoms with Crippen molar-refractivity contribution in [1.82, 2.24) is 0 Å². The quantitative estimate of drug-likeness (QED) is 0.691. The van der Waals surface area contributed by atoms with Crippen molar-refractivity contribution in [2.24, 2.45) is 0 Å². The first-order chi connectivity index (χ1) is 12.6. The van der Waals surface area contributed by atoms with Crippen molar-refractivity contribution in [3.8, 4) is 6.07 Å². The number of rotatable bonds is 2. The Morgan fingerprint density at radius 2 is 1.62 bits per heavy atom. The Morgan fingerprint density at radius 1 is 1.00 bits per heavy atom. The van der Waals surface area contributed by atoms with Gasteiger partial charge in [-0.3, -0.25) is 9.59 Å². The number of nitrogens with zero attached hydrogens (tertiary/aromatic N) is 1. The zero-order valence-electron chi connectivity index (χ0n) is 14.3. The first-order valence-corrected chi connectivity index (χ1v) is 8.93. The van der Waals surface area contributed by atoms with Crippen LogP contribution in [0, 0.1) is 11.3 Å². The van der Waals surface area contributed by atoms with E-state index in [4.69, 9.17) is 5.73 Å². The lowest BCUT2D eigenvalue weighted by molar-refractivity contribution is 0.0980. The summed E-state index contributed by atoms with van der Waals surface area (Å²) < 4.78 is 0. The number of anilines is 2. The van der Waals surface area contributed by atoms with Crippen molar-refractivity contribution in [2.45, 2.75) is 38.1 Å². The second kappa shape index (κ2) is 6.30. The van der Waals surface area contributed by atoms with Crippen molar-refractivity contribution in [3.05, 3.63) is 58.1 Å². The fraction of sp³-hybridized carbons (Fsp3) is 0.286.